The van der Waals surface area contributed by atoms with Gasteiger partial charge in [-0.2, -0.15) is 0 Å². The summed E-state index contributed by atoms with van der Waals surface area (Å²) in [5, 5.41) is 0.357. The third-order valence-electron chi connectivity index (χ3n) is 5.79. The summed E-state index contributed by atoms with van der Waals surface area (Å²) in [6.45, 7) is 11.2. The average Bonchev–Trinajstić information content (AvgIpc) is 3.17. The Morgan fingerprint density at radius 1 is 1.00 bits per heavy atom. The van der Waals surface area contributed by atoms with Crippen LogP contribution in [0.15, 0.2) is 48.8 Å². The van der Waals surface area contributed by atoms with Crippen molar-refractivity contribution in [2.45, 2.75) is 52.4 Å². The Kier molecular flexibility index (Phi) is 8.03. The first-order valence-electron chi connectivity index (χ1n) is 12.4. The molecule has 0 aliphatic carbocycles. The Labute approximate surface area is 221 Å². The van der Waals surface area contributed by atoms with Gasteiger partial charge in [-0.1, -0.05) is 25.7 Å². The van der Waals surface area contributed by atoms with Gasteiger partial charge in [-0.15, -0.1) is 0 Å². The number of rotatable bonds is 10. The SMILES string of the molecule is CC(C)Oc1cccc(F)c1-c1cn(COCC[Si](C)(C)C)c2nccc(Oc3c(F)cc(N)cc3F)c12. The van der Waals surface area contributed by atoms with E-state index in [1.165, 1.54) is 18.3 Å². The summed E-state index contributed by atoms with van der Waals surface area (Å²) in [5.74, 6) is -2.66. The number of hydrogen-bond acceptors (Lipinski definition) is 5. The fraction of sp³-hybridized carbons (Fsp3) is 0.321. The van der Waals surface area contributed by atoms with E-state index in [-0.39, 0.29) is 29.8 Å². The van der Waals surface area contributed by atoms with Crippen LogP contribution in [0.1, 0.15) is 13.8 Å². The summed E-state index contributed by atoms with van der Waals surface area (Å²) in [6, 6.07) is 8.94. The van der Waals surface area contributed by atoms with Crippen molar-refractivity contribution in [1.29, 1.82) is 0 Å². The molecule has 0 amide bonds. The van der Waals surface area contributed by atoms with Gasteiger partial charge in [0.05, 0.1) is 17.1 Å². The Hall–Kier alpha value is -3.50. The highest BCUT2D eigenvalue weighted by Crippen LogP contribution is 2.43. The molecular weight excluding hydrogens is 511 g/mol. The molecule has 0 atom stereocenters. The van der Waals surface area contributed by atoms with E-state index in [9.17, 15) is 8.78 Å². The first-order valence-corrected chi connectivity index (χ1v) is 16.1. The molecule has 0 bridgehead atoms. The molecule has 202 valence electrons. The Morgan fingerprint density at radius 3 is 2.37 bits per heavy atom. The first-order chi connectivity index (χ1) is 17.9. The second kappa shape index (κ2) is 11.1. The standard InChI is InChI=1S/C28H32F3N3O3Si/c1-17(2)36-23-8-6-7-20(29)25(23)19-15-34(16-35-11-12-38(3,4)5)28-26(19)24(9-10-33-28)37-27-21(30)13-18(32)14-22(27)31/h6-10,13-15,17H,11-12,16,32H2,1-5H3. The number of pyridine rings is 1. The number of nitrogens with two attached hydrogens (primary N) is 1. The van der Waals surface area contributed by atoms with Crippen molar-refractivity contribution >= 4 is 24.8 Å². The molecule has 0 radical (unpaired) electrons. The second-order valence-corrected chi connectivity index (χ2v) is 16.2. The smallest absolute Gasteiger partial charge is 0.198 e. The summed E-state index contributed by atoms with van der Waals surface area (Å²) < 4.78 is 64.0. The lowest BCUT2D eigenvalue weighted by atomic mass is 10.0. The van der Waals surface area contributed by atoms with E-state index in [0.29, 0.717) is 29.0 Å². The van der Waals surface area contributed by atoms with Gasteiger partial charge in [0.25, 0.3) is 0 Å². The second-order valence-electron chi connectivity index (χ2n) is 10.6. The van der Waals surface area contributed by atoms with Crippen molar-refractivity contribution < 1.29 is 27.4 Å². The van der Waals surface area contributed by atoms with Gasteiger partial charge >= 0.3 is 0 Å². The molecule has 4 aromatic rings. The summed E-state index contributed by atoms with van der Waals surface area (Å²) in [7, 11) is -1.31. The largest absolute Gasteiger partial charge is 0.490 e. The molecule has 2 aromatic heterocycles. The van der Waals surface area contributed by atoms with Crippen molar-refractivity contribution in [3.8, 4) is 28.4 Å². The Bertz CT molecular complexity index is 1430. The molecule has 0 aliphatic rings. The third kappa shape index (κ3) is 6.13. The number of halogens is 3. The van der Waals surface area contributed by atoms with Crippen LogP contribution in [0.2, 0.25) is 25.7 Å². The highest BCUT2D eigenvalue weighted by atomic mass is 28.3. The molecule has 0 spiro atoms. The van der Waals surface area contributed by atoms with Crippen LogP contribution in [0.25, 0.3) is 22.2 Å². The fourth-order valence-corrected chi connectivity index (χ4v) is 4.76. The summed E-state index contributed by atoms with van der Waals surface area (Å²) >= 11 is 0. The van der Waals surface area contributed by atoms with Gasteiger partial charge in [0, 0.05) is 50.5 Å². The summed E-state index contributed by atoms with van der Waals surface area (Å²) in [6.07, 6.45) is 2.93. The number of nitrogens with zero attached hydrogens (tertiary/aromatic N) is 2. The molecule has 0 aliphatic heterocycles. The van der Waals surface area contributed by atoms with Crippen LogP contribution < -0.4 is 15.2 Å². The molecule has 0 saturated heterocycles. The maximum Gasteiger partial charge on any atom is 0.198 e. The number of fused-ring (bicyclic) bond motifs is 1. The first kappa shape index (κ1) is 27.5. The number of aromatic nitrogens is 2. The van der Waals surface area contributed by atoms with E-state index in [1.807, 2.05) is 13.8 Å². The predicted molar refractivity (Wildman–Crippen MR) is 146 cm³/mol. The van der Waals surface area contributed by atoms with Crippen LogP contribution in [0, 0.1) is 17.5 Å². The minimum atomic E-state index is -1.31. The van der Waals surface area contributed by atoms with E-state index in [2.05, 4.69) is 24.6 Å². The Balaban J connectivity index is 1.87. The minimum Gasteiger partial charge on any atom is -0.490 e. The number of anilines is 1. The van der Waals surface area contributed by atoms with Crippen LogP contribution in [0.3, 0.4) is 0 Å². The quantitative estimate of drug-likeness (QED) is 0.127. The highest BCUT2D eigenvalue weighted by Gasteiger charge is 2.24. The number of hydrogen-bond donors (Lipinski definition) is 1. The van der Waals surface area contributed by atoms with Gasteiger partial charge < -0.3 is 24.5 Å². The van der Waals surface area contributed by atoms with Crippen LogP contribution in [-0.4, -0.2) is 30.3 Å². The lowest BCUT2D eigenvalue weighted by Gasteiger charge is -2.15. The van der Waals surface area contributed by atoms with Crippen LogP contribution >= 0.6 is 0 Å². The van der Waals surface area contributed by atoms with Crippen molar-refractivity contribution in [2.75, 3.05) is 12.3 Å². The number of nitrogen functional groups attached to an aromatic ring is 1. The molecule has 6 nitrogen and oxygen atoms in total. The monoisotopic (exact) mass is 543 g/mol. The van der Waals surface area contributed by atoms with Crippen molar-refractivity contribution in [3.63, 3.8) is 0 Å². The van der Waals surface area contributed by atoms with Crippen LogP contribution in [0.4, 0.5) is 18.9 Å². The number of benzene rings is 2. The zero-order chi connectivity index (χ0) is 27.6. The topological polar surface area (TPSA) is 71.5 Å². The van der Waals surface area contributed by atoms with Crippen LogP contribution in [0.5, 0.6) is 17.2 Å². The normalized spacial score (nSPS) is 11.9. The molecular formula is C28H32F3N3O3Si. The molecule has 0 fully saturated rings. The molecule has 2 heterocycles. The van der Waals surface area contributed by atoms with E-state index < -0.39 is 31.3 Å². The molecule has 2 N–H and O–H groups in total. The lowest BCUT2D eigenvalue weighted by molar-refractivity contribution is 0.0899. The van der Waals surface area contributed by atoms with E-state index in [1.54, 1.807) is 22.9 Å². The van der Waals surface area contributed by atoms with Crippen molar-refractivity contribution in [1.82, 2.24) is 9.55 Å². The van der Waals surface area contributed by atoms with Gasteiger partial charge in [-0.05, 0) is 38.1 Å². The fourth-order valence-electron chi connectivity index (χ4n) is 4.01. The minimum absolute atomic E-state index is 0.0728. The van der Waals surface area contributed by atoms with Gasteiger partial charge in [0.2, 0.25) is 0 Å². The highest BCUT2D eigenvalue weighted by molar-refractivity contribution is 6.76. The van der Waals surface area contributed by atoms with Gasteiger partial charge in [0.1, 0.15) is 29.7 Å². The van der Waals surface area contributed by atoms with Crippen LogP contribution in [-0.2, 0) is 11.5 Å². The van der Waals surface area contributed by atoms with Gasteiger partial charge in [-0.25, -0.2) is 18.2 Å². The zero-order valence-electron chi connectivity index (χ0n) is 22.1. The zero-order valence-corrected chi connectivity index (χ0v) is 23.1. The van der Waals surface area contributed by atoms with Gasteiger partial charge in [0.15, 0.2) is 17.4 Å². The van der Waals surface area contributed by atoms with E-state index in [0.717, 1.165) is 18.2 Å². The average molecular weight is 544 g/mol. The van der Waals surface area contributed by atoms with Crippen molar-refractivity contribution in [2.24, 2.45) is 0 Å². The molecule has 0 unspecified atom stereocenters. The predicted octanol–water partition coefficient (Wildman–Crippen LogP) is 7.59. The molecule has 10 heteroatoms. The van der Waals surface area contributed by atoms with E-state index >= 15 is 4.39 Å². The molecule has 0 saturated carbocycles. The summed E-state index contributed by atoms with van der Waals surface area (Å²) in [5.41, 5.74) is 6.46. The maximum absolute atomic E-state index is 15.4. The van der Waals surface area contributed by atoms with E-state index in [4.69, 9.17) is 19.9 Å². The molecule has 38 heavy (non-hydrogen) atoms. The third-order valence-corrected chi connectivity index (χ3v) is 7.49. The molecule has 4 rings (SSSR count). The maximum atomic E-state index is 15.4. The summed E-state index contributed by atoms with van der Waals surface area (Å²) in [4.78, 5) is 4.48. The molecule has 2 aromatic carbocycles. The lowest BCUT2D eigenvalue weighted by Crippen LogP contribution is -2.22. The Morgan fingerprint density at radius 2 is 1.71 bits per heavy atom. The number of ether oxygens (including phenoxy) is 3. The van der Waals surface area contributed by atoms with Gasteiger partial charge in [-0.3, -0.25) is 0 Å². The van der Waals surface area contributed by atoms with Crippen molar-refractivity contribution in [3.05, 3.63) is 66.2 Å².